The van der Waals surface area contributed by atoms with Crippen molar-refractivity contribution in [1.29, 1.82) is 0 Å². The van der Waals surface area contributed by atoms with Crippen molar-refractivity contribution in [2.75, 3.05) is 19.6 Å². The van der Waals surface area contributed by atoms with Gasteiger partial charge in [0.2, 0.25) is 17.9 Å². The number of ether oxygens (including phenoxy) is 1. The van der Waals surface area contributed by atoms with E-state index in [1.807, 2.05) is 0 Å². The van der Waals surface area contributed by atoms with Gasteiger partial charge in [-0.15, -0.1) is 0 Å². The summed E-state index contributed by atoms with van der Waals surface area (Å²) in [6.45, 7) is 0.177. The van der Waals surface area contributed by atoms with Gasteiger partial charge >= 0.3 is 5.97 Å². The lowest BCUT2D eigenvalue weighted by Gasteiger charge is -2.24. The Balaban J connectivity index is 1.85. The second-order valence-electron chi connectivity index (χ2n) is 6.18. The predicted octanol–water partition coefficient (Wildman–Crippen LogP) is 1.57. The third kappa shape index (κ3) is 6.34. The highest BCUT2D eigenvalue weighted by Gasteiger charge is 2.22. The number of rotatable bonds is 7. The molecule has 1 aromatic carbocycles. The molecular weight excluding hydrogens is 343 g/mol. The van der Waals surface area contributed by atoms with Crippen molar-refractivity contribution in [3.05, 3.63) is 30.1 Å². The van der Waals surface area contributed by atoms with Crippen LogP contribution >= 0.6 is 0 Å². The first-order chi connectivity index (χ1) is 12.5. The van der Waals surface area contributed by atoms with Gasteiger partial charge in [0, 0.05) is 13.0 Å². The van der Waals surface area contributed by atoms with Gasteiger partial charge < -0.3 is 20.1 Å². The van der Waals surface area contributed by atoms with E-state index in [0.717, 1.165) is 37.8 Å². The Labute approximate surface area is 151 Å². The molecule has 7 nitrogen and oxygen atoms in total. The van der Waals surface area contributed by atoms with E-state index in [-0.39, 0.29) is 24.7 Å². The zero-order valence-electron chi connectivity index (χ0n) is 14.4. The third-order valence-electron chi connectivity index (χ3n) is 4.11. The zero-order chi connectivity index (χ0) is 18.9. The number of nitrogens with one attached hydrogen (secondary N) is 1. The number of benzene rings is 1. The zero-order valence-corrected chi connectivity index (χ0v) is 14.4. The van der Waals surface area contributed by atoms with Crippen molar-refractivity contribution < 1.29 is 28.6 Å². The standard InChI is InChI=1S/C18H23FN2O5/c19-13-6-8-14(9-7-13)26-15(18(24)25)11-20-16(22)12-21-10-4-2-1-3-5-17(21)23/h6-9,15H,1-5,10-12H2,(H,20,22)(H,24,25). The van der Waals surface area contributed by atoms with Crippen LogP contribution in [-0.2, 0) is 14.4 Å². The fourth-order valence-electron chi connectivity index (χ4n) is 2.68. The highest BCUT2D eigenvalue weighted by atomic mass is 19.1. The maximum atomic E-state index is 12.9. The molecule has 8 heteroatoms. The quantitative estimate of drug-likeness (QED) is 0.764. The molecule has 1 aliphatic heterocycles. The summed E-state index contributed by atoms with van der Waals surface area (Å²) >= 11 is 0. The Morgan fingerprint density at radius 3 is 2.58 bits per heavy atom. The van der Waals surface area contributed by atoms with Crippen molar-refractivity contribution in [3.63, 3.8) is 0 Å². The highest BCUT2D eigenvalue weighted by Crippen LogP contribution is 2.13. The van der Waals surface area contributed by atoms with Gasteiger partial charge in [-0.05, 0) is 37.1 Å². The van der Waals surface area contributed by atoms with Crippen LogP contribution in [0.25, 0.3) is 0 Å². The van der Waals surface area contributed by atoms with Crippen LogP contribution in [0.2, 0.25) is 0 Å². The Kier molecular flexibility index (Phi) is 7.37. The van der Waals surface area contributed by atoms with E-state index in [0.29, 0.717) is 13.0 Å². The first-order valence-corrected chi connectivity index (χ1v) is 8.65. The largest absolute Gasteiger partial charge is 0.478 e. The number of nitrogens with zero attached hydrogens (tertiary/aromatic N) is 1. The second-order valence-corrected chi connectivity index (χ2v) is 6.18. The highest BCUT2D eigenvalue weighted by molar-refractivity contribution is 5.85. The number of carbonyl (C=O) groups is 3. The number of carboxylic acid groups (broad SMARTS) is 1. The minimum absolute atomic E-state index is 0.0582. The molecule has 142 valence electrons. The van der Waals surface area contributed by atoms with Gasteiger partial charge in [0.25, 0.3) is 0 Å². The Bertz CT molecular complexity index is 635. The van der Waals surface area contributed by atoms with Gasteiger partial charge in [-0.2, -0.15) is 0 Å². The first-order valence-electron chi connectivity index (χ1n) is 8.65. The van der Waals surface area contributed by atoms with E-state index in [1.165, 1.54) is 17.0 Å². The SMILES string of the molecule is O=C(CN1CCCCCCC1=O)NCC(Oc1ccc(F)cc1)C(=O)O. The first kappa shape index (κ1) is 19.7. The molecule has 26 heavy (non-hydrogen) atoms. The van der Waals surface area contributed by atoms with Crippen molar-refractivity contribution in [1.82, 2.24) is 10.2 Å². The lowest BCUT2D eigenvalue weighted by molar-refractivity contribution is -0.145. The molecule has 2 N–H and O–H groups in total. The number of aliphatic carboxylic acids is 1. The lowest BCUT2D eigenvalue weighted by Crippen LogP contribution is -2.46. The molecule has 0 radical (unpaired) electrons. The number of carboxylic acids is 1. The maximum Gasteiger partial charge on any atom is 0.346 e. The number of amides is 2. The van der Waals surface area contributed by atoms with Crippen LogP contribution in [0.4, 0.5) is 4.39 Å². The van der Waals surface area contributed by atoms with E-state index >= 15 is 0 Å². The van der Waals surface area contributed by atoms with Gasteiger partial charge in [0.15, 0.2) is 0 Å². The summed E-state index contributed by atoms with van der Waals surface area (Å²) in [5, 5.41) is 11.7. The minimum Gasteiger partial charge on any atom is -0.478 e. The second kappa shape index (κ2) is 9.74. The van der Waals surface area contributed by atoms with Crippen LogP contribution in [0.3, 0.4) is 0 Å². The van der Waals surface area contributed by atoms with Crippen LogP contribution < -0.4 is 10.1 Å². The molecule has 2 amide bonds. The van der Waals surface area contributed by atoms with Crippen LogP contribution in [0.5, 0.6) is 5.75 Å². The number of carbonyl (C=O) groups excluding carboxylic acids is 2. The smallest absolute Gasteiger partial charge is 0.346 e. The summed E-state index contributed by atoms with van der Waals surface area (Å²) in [6.07, 6.45) is 2.84. The van der Waals surface area contributed by atoms with Crippen molar-refractivity contribution >= 4 is 17.8 Å². The molecule has 1 unspecified atom stereocenters. The monoisotopic (exact) mass is 366 g/mol. The summed E-state index contributed by atoms with van der Waals surface area (Å²) in [7, 11) is 0. The fraction of sp³-hybridized carbons (Fsp3) is 0.500. The van der Waals surface area contributed by atoms with Crippen molar-refractivity contribution in [3.8, 4) is 5.75 Å². The molecule has 0 bridgehead atoms. The normalized spacial score (nSPS) is 16.3. The van der Waals surface area contributed by atoms with Crippen LogP contribution in [-0.4, -0.2) is 53.5 Å². The van der Waals surface area contributed by atoms with E-state index in [2.05, 4.69) is 5.32 Å². The minimum atomic E-state index is -1.31. The van der Waals surface area contributed by atoms with E-state index in [4.69, 9.17) is 4.74 Å². The molecule has 1 saturated heterocycles. The summed E-state index contributed by atoms with van der Waals surface area (Å²) in [6, 6.07) is 4.93. The van der Waals surface area contributed by atoms with Crippen molar-refractivity contribution in [2.24, 2.45) is 0 Å². The van der Waals surface area contributed by atoms with Gasteiger partial charge in [-0.1, -0.05) is 12.8 Å². The average molecular weight is 366 g/mol. The molecule has 2 rings (SSSR count). The van der Waals surface area contributed by atoms with Crippen LogP contribution in [0.1, 0.15) is 32.1 Å². The Morgan fingerprint density at radius 2 is 1.88 bits per heavy atom. The van der Waals surface area contributed by atoms with Crippen molar-refractivity contribution in [2.45, 2.75) is 38.2 Å². The predicted molar refractivity (Wildman–Crippen MR) is 91.1 cm³/mol. The summed E-state index contributed by atoms with van der Waals surface area (Å²) in [4.78, 5) is 36.9. The Hall–Kier alpha value is -2.64. The lowest BCUT2D eigenvalue weighted by atomic mass is 10.1. The molecule has 1 heterocycles. The maximum absolute atomic E-state index is 12.9. The van der Waals surface area contributed by atoms with E-state index < -0.39 is 23.8 Å². The number of hydrogen-bond acceptors (Lipinski definition) is 4. The number of halogens is 1. The summed E-state index contributed by atoms with van der Waals surface area (Å²) in [5.41, 5.74) is 0. The van der Waals surface area contributed by atoms with Gasteiger partial charge in [0.1, 0.15) is 11.6 Å². The van der Waals surface area contributed by atoms with Gasteiger partial charge in [-0.3, -0.25) is 9.59 Å². The van der Waals surface area contributed by atoms with E-state index in [9.17, 15) is 23.9 Å². The molecule has 0 saturated carbocycles. The van der Waals surface area contributed by atoms with Gasteiger partial charge in [0.05, 0.1) is 13.1 Å². The summed E-state index contributed by atoms with van der Waals surface area (Å²) in [5.74, 6) is -2.02. The molecule has 0 spiro atoms. The molecule has 0 aliphatic carbocycles. The molecule has 1 atom stereocenters. The summed E-state index contributed by atoms with van der Waals surface area (Å²) < 4.78 is 18.2. The molecule has 1 aliphatic rings. The van der Waals surface area contributed by atoms with Gasteiger partial charge in [-0.25, -0.2) is 9.18 Å². The molecule has 1 fully saturated rings. The van der Waals surface area contributed by atoms with Crippen LogP contribution in [0, 0.1) is 5.82 Å². The fourth-order valence-corrected chi connectivity index (χ4v) is 2.68. The third-order valence-corrected chi connectivity index (χ3v) is 4.11. The number of hydrogen-bond donors (Lipinski definition) is 2. The molecule has 1 aromatic rings. The van der Waals surface area contributed by atoms with Crippen LogP contribution in [0.15, 0.2) is 24.3 Å². The number of likely N-dealkylation sites (tertiary alicyclic amines) is 1. The topological polar surface area (TPSA) is 95.9 Å². The Morgan fingerprint density at radius 1 is 1.19 bits per heavy atom. The molecular formula is C18H23FN2O5. The average Bonchev–Trinajstić information content (AvgIpc) is 2.59. The molecule has 0 aromatic heterocycles. The van der Waals surface area contributed by atoms with E-state index in [1.54, 1.807) is 0 Å².